The van der Waals surface area contributed by atoms with Gasteiger partial charge in [0.1, 0.15) is 4.88 Å². The fourth-order valence-electron chi connectivity index (χ4n) is 3.54. The molecule has 0 aliphatic carbocycles. The zero-order valence-corrected chi connectivity index (χ0v) is 17.5. The maximum absolute atomic E-state index is 12.9. The number of nitrogens with two attached hydrogens (primary N) is 1. The molecule has 1 aromatic heterocycles. The lowest BCUT2D eigenvalue weighted by atomic mass is 9.96. The Balaban J connectivity index is 1.74. The van der Waals surface area contributed by atoms with Crippen molar-refractivity contribution in [2.75, 3.05) is 23.3 Å². The van der Waals surface area contributed by atoms with E-state index < -0.39 is 0 Å². The molecule has 3 N–H and O–H groups in total. The van der Waals surface area contributed by atoms with Gasteiger partial charge in [-0.05, 0) is 37.8 Å². The van der Waals surface area contributed by atoms with Gasteiger partial charge < -0.3 is 16.0 Å². The summed E-state index contributed by atoms with van der Waals surface area (Å²) in [6, 6.07) is 7.80. The number of hydrogen-bond acceptors (Lipinski definition) is 5. The van der Waals surface area contributed by atoms with Crippen molar-refractivity contribution in [2.24, 2.45) is 17.6 Å². The lowest BCUT2D eigenvalue weighted by Gasteiger charge is -2.33. The van der Waals surface area contributed by atoms with E-state index in [4.69, 9.17) is 5.73 Å². The van der Waals surface area contributed by atoms with Gasteiger partial charge in [-0.1, -0.05) is 26.0 Å². The number of primary amides is 1. The summed E-state index contributed by atoms with van der Waals surface area (Å²) >= 11 is 1.47. The van der Waals surface area contributed by atoms with Crippen LogP contribution in [0.25, 0.3) is 0 Å². The van der Waals surface area contributed by atoms with Crippen molar-refractivity contribution in [2.45, 2.75) is 40.0 Å². The highest BCUT2D eigenvalue weighted by Gasteiger charge is 2.25. The SMILES string of the molecule is Cc1nc(CC(C)C)sc1C(=O)Nc1ccccc1N1CCC(C(N)=O)CC1. The van der Waals surface area contributed by atoms with Gasteiger partial charge >= 0.3 is 0 Å². The van der Waals surface area contributed by atoms with Gasteiger partial charge in [0, 0.05) is 25.4 Å². The molecule has 150 valence electrons. The Morgan fingerprint density at radius 1 is 1.29 bits per heavy atom. The molecule has 2 heterocycles. The minimum atomic E-state index is -0.223. The van der Waals surface area contributed by atoms with Crippen LogP contribution in [0.5, 0.6) is 0 Å². The first-order valence-corrected chi connectivity index (χ1v) is 10.6. The summed E-state index contributed by atoms with van der Waals surface area (Å²) in [4.78, 5) is 31.7. The highest BCUT2D eigenvalue weighted by Crippen LogP contribution is 2.31. The van der Waals surface area contributed by atoms with Gasteiger partial charge in [0.05, 0.1) is 22.1 Å². The van der Waals surface area contributed by atoms with Crippen LogP contribution in [-0.2, 0) is 11.2 Å². The average molecular weight is 401 g/mol. The van der Waals surface area contributed by atoms with Crippen LogP contribution in [0.2, 0.25) is 0 Å². The first kappa shape index (κ1) is 20.3. The van der Waals surface area contributed by atoms with Crippen LogP contribution in [0.3, 0.4) is 0 Å². The molecular formula is C21H28N4O2S. The number of carbonyl (C=O) groups excluding carboxylic acids is 2. The predicted octanol–water partition coefficient (Wildman–Crippen LogP) is 3.60. The second kappa shape index (κ2) is 8.73. The number of amides is 2. The lowest BCUT2D eigenvalue weighted by Crippen LogP contribution is -2.38. The third-order valence-corrected chi connectivity index (χ3v) is 6.20. The molecule has 1 aliphatic heterocycles. The summed E-state index contributed by atoms with van der Waals surface area (Å²) in [5.74, 6) is 0.103. The fraction of sp³-hybridized carbons (Fsp3) is 0.476. The molecule has 3 rings (SSSR count). The smallest absolute Gasteiger partial charge is 0.267 e. The largest absolute Gasteiger partial charge is 0.370 e. The van der Waals surface area contributed by atoms with Crippen molar-refractivity contribution in [3.8, 4) is 0 Å². The minimum Gasteiger partial charge on any atom is -0.370 e. The molecule has 0 spiro atoms. The summed E-state index contributed by atoms with van der Waals surface area (Å²) in [6.45, 7) is 7.68. The Morgan fingerprint density at radius 2 is 1.96 bits per heavy atom. The number of nitrogens with zero attached hydrogens (tertiary/aromatic N) is 2. The highest BCUT2D eigenvalue weighted by atomic mass is 32.1. The number of aryl methyl sites for hydroxylation is 1. The van der Waals surface area contributed by atoms with Gasteiger partial charge in [-0.25, -0.2) is 4.98 Å². The van der Waals surface area contributed by atoms with E-state index in [2.05, 4.69) is 29.0 Å². The van der Waals surface area contributed by atoms with E-state index in [1.165, 1.54) is 11.3 Å². The molecule has 0 bridgehead atoms. The number of piperidine rings is 1. The zero-order valence-electron chi connectivity index (χ0n) is 16.7. The number of anilines is 2. The molecule has 7 heteroatoms. The maximum atomic E-state index is 12.9. The molecule has 28 heavy (non-hydrogen) atoms. The van der Waals surface area contributed by atoms with Gasteiger partial charge in [0.15, 0.2) is 0 Å². The van der Waals surface area contributed by atoms with E-state index >= 15 is 0 Å². The van der Waals surface area contributed by atoms with E-state index in [0.29, 0.717) is 10.8 Å². The standard InChI is InChI=1S/C21H28N4O2S/c1-13(2)12-18-23-14(3)19(28-18)21(27)24-16-6-4-5-7-17(16)25-10-8-15(9-11-25)20(22)26/h4-7,13,15H,8-12H2,1-3H3,(H2,22,26)(H,24,27). The molecule has 0 saturated carbocycles. The number of thiazole rings is 1. The van der Waals surface area contributed by atoms with Crippen LogP contribution < -0.4 is 16.0 Å². The lowest BCUT2D eigenvalue weighted by molar-refractivity contribution is -0.122. The molecule has 1 aromatic carbocycles. The molecular weight excluding hydrogens is 372 g/mol. The van der Waals surface area contributed by atoms with Crippen LogP contribution in [0.1, 0.15) is 47.1 Å². The third-order valence-electron chi connectivity index (χ3n) is 5.02. The Morgan fingerprint density at radius 3 is 2.61 bits per heavy atom. The zero-order chi connectivity index (χ0) is 20.3. The normalized spacial score (nSPS) is 15.1. The number of aromatic nitrogens is 1. The van der Waals surface area contributed by atoms with Crippen molar-refractivity contribution in [3.05, 3.63) is 39.8 Å². The van der Waals surface area contributed by atoms with Crippen molar-refractivity contribution < 1.29 is 9.59 Å². The van der Waals surface area contributed by atoms with E-state index in [-0.39, 0.29) is 17.7 Å². The van der Waals surface area contributed by atoms with Gasteiger partial charge in [0.2, 0.25) is 5.91 Å². The van der Waals surface area contributed by atoms with Crippen LogP contribution >= 0.6 is 11.3 Å². The highest BCUT2D eigenvalue weighted by molar-refractivity contribution is 7.13. The van der Waals surface area contributed by atoms with Gasteiger partial charge in [-0.3, -0.25) is 9.59 Å². The van der Waals surface area contributed by atoms with Gasteiger partial charge in [-0.15, -0.1) is 11.3 Å². The molecule has 0 unspecified atom stereocenters. The van der Waals surface area contributed by atoms with Crippen LogP contribution in [0.15, 0.2) is 24.3 Å². The monoisotopic (exact) mass is 400 g/mol. The number of rotatable bonds is 6. The Kier molecular flexibility index (Phi) is 6.34. The molecule has 2 aromatic rings. The number of carbonyl (C=O) groups is 2. The molecule has 0 atom stereocenters. The summed E-state index contributed by atoms with van der Waals surface area (Å²) in [5.41, 5.74) is 7.97. The second-order valence-electron chi connectivity index (χ2n) is 7.76. The van der Waals surface area contributed by atoms with Crippen LogP contribution in [-0.4, -0.2) is 29.9 Å². The number of hydrogen-bond donors (Lipinski definition) is 2. The van der Waals surface area contributed by atoms with Crippen molar-refractivity contribution in [1.82, 2.24) is 4.98 Å². The summed E-state index contributed by atoms with van der Waals surface area (Å²) in [7, 11) is 0. The molecule has 1 aliphatic rings. The Hall–Kier alpha value is -2.41. The third kappa shape index (κ3) is 4.70. The summed E-state index contributed by atoms with van der Waals surface area (Å²) in [5, 5.41) is 4.06. The minimum absolute atomic E-state index is 0.0581. The average Bonchev–Trinajstić information content (AvgIpc) is 3.01. The van der Waals surface area contributed by atoms with Crippen LogP contribution in [0, 0.1) is 18.8 Å². The Bertz CT molecular complexity index is 854. The van der Waals surface area contributed by atoms with E-state index in [1.54, 1.807) is 0 Å². The first-order chi connectivity index (χ1) is 13.3. The number of nitrogens with one attached hydrogen (secondary N) is 1. The topological polar surface area (TPSA) is 88.3 Å². The van der Waals surface area contributed by atoms with Crippen molar-refractivity contribution in [1.29, 1.82) is 0 Å². The molecule has 0 radical (unpaired) electrons. The molecule has 6 nitrogen and oxygen atoms in total. The van der Waals surface area contributed by atoms with E-state index in [0.717, 1.165) is 54.4 Å². The Labute approximate surface area is 170 Å². The van der Waals surface area contributed by atoms with Crippen LogP contribution in [0.4, 0.5) is 11.4 Å². The van der Waals surface area contributed by atoms with Gasteiger partial charge in [0.25, 0.3) is 5.91 Å². The number of para-hydroxylation sites is 2. The summed E-state index contributed by atoms with van der Waals surface area (Å²) in [6.07, 6.45) is 2.36. The van der Waals surface area contributed by atoms with Gasteiger partial charge in [-0.2, -0.15) is 0 Å². The summed E-state index contributed by atoms with van der Waals surface area (Å²) < 4.78 is 0. The molecule has 1 fully saturated rings. The van der Waals surface area contributed by atoms with Crippen molar-refractivity contribution >= 4 is 34.5 Å². The first-order valence-electron chi connectivity index (χ1n) is 9.76. The quantitative estimate of drug-likeness (QED) is 0.775. The molecule has 2 amide bonds. The molecule has 1 saturated heterocycles. The van der Waals surface area contributed by atoms with E-state index in [9.17, 15) is 9.59 Å². The van der Waals surface area contributed by atoms with Crippen molar-refractivity contribution in [3.63, 3.8) is 0 Å². The maximum Gasteiger partial charge on any atom is 0.267 e. The van der Waals surface area contributed by atoms with E-state index in [1.807, 2.05) is 31.2 Å². The fourth-order valence-corrected chi connectivity index (χ4v) is 4.71. The second-order valence-corrected chi connectivity index (χ2v) is 8.84. The predicted molar refractivity (Wildman–Crippen MR) is 114 cm³/mol. The number of benzene rings is 1.